The molecule has 31 heavy (non-hydrogen) atoms. The molecule has 4 rings (SSSR count). The van der Waals surface area contributed by atoms with Crippen molar-refractivity contribution in [2.45, 2.75) is 89.5 Å². The fraction of sp³-hybridized carbons (Fsp3) is 0.773. The molecule has 3 aliphatic carbocycles. The van der Waals surface area contributed by atoms with Crippen LogP contribution in [0.25, 0.3) is 0 Å². The normalized spacial score (nSPS) is 32.6. The van der Waals surface area contributed by atoms with Crippen LogP contribution in [0.15, 0.2) is 6.20 Å². The highest BCUT2D eigenvalue weighted by atomic mass is 19.4. The first-order valence-electron chi connectivity index (χ1n) is 11.0. The molecule has 3 bridgehead atoms. The number of hydrogen-bond acceptors (Lipinski definition) is 3. The summed E-state index contributed by atoms with van der Waals surface area (Å²) >= 11 is 0. The van der Waals surface area contributed by atoms with Gasteiger partial charge in [-0.1, -0.05) is 0 Å². The number of aromatic nitrogens is 2. The van der Waals surface area contributed by atoms with Crippen molar-refractivity contribution in [3.05, 3.63) is 17.5 Å². The number of carbonyl (C=O) groups excluding carboxylic acids is 2. The van der Waals surface area contributed by atoms with E-state index < -0.39 is 28.9 Å². The lowest BCUT2D eigenvalue weighted by atomic mass is 9.75. The Morgan fingerprint density at radius 1 is 1.16 bits per heavy atom. The molecule has 0 aliphatic heterocycles. The van der Waals surface area contributed by atoms with Crippen molar-refractivity contribution in [3.8, 4) is 0 Å². The van der Waals surface area contributed by atoms with Gasteiger partial charge in [-0.15, -0.1) is 0 Å². The van der Waals surface area contributed by atoms with E-state index in [4.69, 9.17) is 0 Å². The summed E-state index contributed by atoms with van der Waals surface area (Å²) in [7, 11) is 0. The lowest BCUT2D eigenvalue weighted by Crippen LogP contribution is -2.50. The second-order valence-electron chi connectivity index (χ2n) is 10.7. The zero-order valence-corrected chi connectivity index (χ0v) is 18.5. The summed E-state index contributed by atoms with van der Waals surface area (Å²) in [4.78, 5) is 24.8. The van der Waals surface area contributed by atoms with E-state index in [0.717, 1.165) is 49.4 Å². The molecule has 6 nitrogen and oxygen atoms in total. The molecule has 3 fully saturated rings. The Labute approximate surface area is 180 Å². The van der Waals surface area contributed by atoms with E-state index in [1.165, 1.54) is 6.92 Å². The summed E-state index contributed by atoms with van der Waals surface area (Å²) in [6, 6.07) is -0.197. The van der Waals surface area contributed by atoms with Crippen LogP contribution in [0.1, 0.15) is 82.3 Å². The standard InChI is InChI=1S/C22H31F3N4O2/c1-12(30)28-21-8-13-5-6-17(15(10-21)14(7-13)9-21)27-19(31)16-11-26-29(20(2,3)4)18(16)22(23,24)25/h11,13-15,17H,5-10H2,1-4H3,(H,27,31)(H,28,30). The van der Waals surface area contributed by atoms with Crippen LogP contribution in [0.5, 0.6) is 0 Å². The Morgan fingerprint density at radius 3 is 2.48 bits per heavy atom. The maximum atomic E-state index is 13.8. The molecule has 3 aliphatic rings. The molecule has 5 unspecified atom stereocenters. The van der Waals surface area contributed by atoms with Gasteiger partial charge in [-0.05, 0) is 77.0 Å². The Bertz CT molecular complexity index is 888. The molecule has 1 heterocycles. The van der Waals surface area contributed by atoms with Gasteiger partial charge in [0.25, 0.3) is 5.91 Å². The molecule has 172 valence electrons. The molecule has 3 saturated carbocycles. The SMILES string of the molecule is CC(=O)NC12CC3CCC(NC(=O)c4cnn(C(C)(C)C)c4C(F)(F)F)C(C1)C(C3)C2. The van der Waals surface area contributed by atoms with Crippen LogP contribution in [0, 0.1) is 17.8 Å². The fourth-order valence-electron chi connectivity index (χ4n) is 6.41. The molecule has 2 amide bonds. The Balaban J connectivity index is 1.59. The first kappa shape index (κ1) is 22.1. The number of amides is 2. The molecular weight excluding hydrogens is 409 g/mol. The number of nitrogens with one attached hydrogen (secondary N) is 2. The zero-order valence-electron chi connectivity index (χ0n) is 18.5. The maximum Gasteiger partial charge on any atom is 0.433 e. The van der Waals surface area contributed by atoms with Crippen molar-refractivity contribution in [2.24, 2.45) is 17.8 Å². The highest BCUT2D eigenvalue weighted by Crippen LogP contribution is 2.55. The van der Waals surface area contributed by atoms with Gasteiger partial charge in [0.05, 0.1) is 17.3 Å². The van der Waals surface area contributed by atoms with Gasteiger partial charge in [0.15, 0.2) is 5.69 Å². The predicted octanol–water partition coefficient (Wildman–Crippen LogP) is 3.86. The number of carbonyl (C=O) groups is 2. The summed E-state index contributed by atoms with van der Waals surface area (Å²) < 4.78 is 42.4. The van der Waals surface area contributed by atoms with Gasteiger partial charge in [0.2, 0.25) is 5.91 Å². The number of hydrogen-bond donors (Lipinski definition) is 2. The van der Waals surface area contributed by atoms with Crippen LogP contribution in [-0.4, -0.2) is 33.2 Å². The molecular formula is C22H31F3N4O2. The molecule has 2 N–H and O–H groups in total. The molecule has 1 aromatic rings. The summed E-state index contributed by atoms with van der Waals surface area (Å²) in [5.41, 5.74) is -2.58. The van der Waals surface area contributed by atoms with E-state index in [0.29, 0.717) is 11.8 Å². The average molecular weight is 441 g/mol. The third-order valence-electron chi connectivity index (χ3n) is 7.28. The molecule has 0 saturated heterocycles. The molecule has 0 aromatic carbocycles. The van der Waals surface area contributed by atoms with Crippen molar-refractivity contribution in [1.29, 1.82) is 0 Å². The fourth-order valence-corrected chi connectivity index (χ4v) is 6.41. The molecule has 0 spiro atoms. The smallest absolute Gasteiger partial charge is 0.351 e. The molecule has 5 atom stereocenters. The topological polar surface area (TPSA) is 76.0 Å². The number of alkyl halides is 3. The first-order chi connectivity index (χ1) is 14.3. The highest BCUT2D eigenvalue weighted by Gasteiger charge is 2.55. The lowest BCUT2D eigenvalue weighted by molar-refractivity contribution is -0.146. The molecule has 9 heteroatoms. The summed E-state index contributed by atoms with van der Waals surface area (Å²) in [5, 5.41) is 9.99. The minimum Gasteiger partial charge on any atom is -0.351 e. The molecule has 1 aromatic heterocycles. The van der Waals surface area contributed by atoms with Crippen molar-refractivity contribution in [2.75, 3.05) is 0 Å². The van der Waals surface area contributed by atoms with Gasteiger partial charge in [-0.3, -0.25) is 14.3 Å². The summed E-state index contributed by atoms with van der Waals surface area (Å²) in [6.07, 6.45) is 1.68. The maximum absolute atomic E-state index is 13.8. The number of halogens is 3. The van der Waals surface area contributed by atoms with E-state index in [2.05, 4.69) is 15.7 Å². The second-order valence-corrected chi connectivity index (χ2v) is 10.7. The minimum atomic E-state index is -4.69. The van der Waals surface area contributed by atoms with Gasteiger partial charge < -0.3 is 10.6 Å². The van der Waals surface area contributed by atoms with Gasteiger partial charge in [0, 0.05) is 18.5 Å². The van der Waals surface area contributed by atoms with Crippen LogP contribution in [0.2, 0.25) is 0 Å². The van der Waals surface area contributed by atoms with Crippen molar-refractivity contribution < 1.29 is 22.8 Å². The monoisotopic (exact) mass is 440 g/mol. The van der Waals surface area contributed by atoms with Gasteiger partial charge >= 0.3 is 6.18 Å². The highest BCUT2D eigenvalue weighted by molar-refractivity contribution is 5.95. The van der Waals surface area contributed by atoms with Crippen molar-refractivity contribution >= 4 is 11.8 Å². The van der Waals surface area contributed by atoms with E-state index in [9.17, 15) is 22.8 Å². The largest absolute Gasteiger partial charge is 0.433 e. The van der Waals surface area contributed by atoms with Gasteiger partial charge in [-0.2, -0.15) is 18.3 Å². The Morgan fingerprint density at radius 2 is 1.87 bits per heavy atom. The lowest BCUT2D eigenvalue weighted by Gasteiger charge is -2.38. The first-order valence-corrected chi connectivity index (χ1v) is 11.0. The minimum absolute atomic E-state index is 0.0503. The predicted molar refractivity (Wildman–Crippen MR) is 108 cm³/mol. The van der Waals surface area contributed by atoms with E-state index >= 15 is 0 Å². The number of rotatable bonds is 3. The summed E-state index contributed by atoms with van der Waals surface area (Å²) in [5.74, 6) is 0.244. The van der Waals surface area contributed by atoms with Crippen LogP contribution in [-0.2, 0) is 16.5 Å². The van der Waals surface area contributed by atoms with Crippen LogP contribution >= 0.6 is 0 Å². The Hall–Kier alpha value is -2.06. The van der Waals surface area contributed by atoms with E-state index in [1.807, 2.05) is 0 Å². The number of nitrogens with zero attached hydrogens (tertiary/aromatic N) is 2. The zero-order chi connectivity index (χ0) is 22.8. The van der Waals surface area contributed by atoms with Crippen molar-refractivity contribution in [1.82, 2.24) is 20.4 Å². The molecule has 0 radical (unpaired) electrons. The van der Waals surface area contributed by atoms with Gasteiger partial charge in [0.1, 0.15) is 0 Å². The van der Waals surface area contributed by atoms with E-state index in [1.54, 1.807) is 20.8 Å². The van der Waals surface area contributed by atoms with E-state index in [-0.39, 0.29) is 23.4 Å². The second kappa shape index (κ2) is 7.24. The average Bonchev–Trinajstić information content (AvgIpc) is 3.14. The third-order valence-corrected chi connectivity index (χ3v) is 7.28. The van der Waals surface area contributed by atoms with Crippen LogP contribution in [0.4, 0.5) is 13.2 Å². The van der Waals surface area contributed by atoms with Gasteiger partial charge in [-0.25, -0.2) is 0 Å². The number of fused-ring (bicyclic) bond motifs is 2. The third kappa shape index (κ3) is 4.07. The Kier molecular flexibility index (Phi) is 5.17. The quantitative estimate of drug-likeness (QED) is 0.750. The summed E-state index contributed by atoms with van der Waals surface area (Å²) in [6.45, 7) is 6.40. The van der Waals surface area contributed by atoms with Crippen LogP contribution < -0.4 is 10.6 Å². The van der Waals surface area contributed by atoms with Crippen molar-refractivity contribution in [3.63, 3.8) is 0 Å². The van der Waals surface area contributed by atoms with Crippen LogP contribution in [0.3, 0.4) is 0 Å².